The monoisotopic (exact) mass is 420 g/mol. The summed E-state index contributed by atoms with van der Waals surface area (Å²) < 4.78 is 11.5. The van der Waals surface area contributed by atoms with E-state index in [1.54, 1.807) is 0 Å². The first-order chi connectivity index (χ1) is 14.7. The molecule has 1 amide bonds. The molecule has 0 aromatic heterocycles. The minimum absolute atomic E-state index is 0.148. The quantitative estimate of drug-likeness (QED) is 0.546. The van der Waals surface area contributed by atoms with Crippen molar-refractivity contribution in [3.05, 3.63) is 0 Å². The van der Waals surface area contributed by atoms with E-state index in [-0.39, 0.29) is 5.92 Å². The van der Waals surface area contributed by atoms with Gasteiger partial charge in [0.2, 0.25) is 5.91 Å². The summed E-state index contributed by atoms with van der Waals surface area (Å²) in [5, 5.41) is 3.84. The first kappa shape index (κ1) is 21.9. The van der Waals surface area contributed by atoms with Crippen LogP contribution in [0.25, 0.3) is 0 Å². The normalized spacial score (nSPS) is 29.9. The molecule has 0 aromatic rings. The van der Waals surface area contributed by atoms with Gasteiger partial charge >= 0.3 is 0 Å². The van der Waals surface area contributed by atoms with Gasteiger partial charge in [-0.2, -0.15) is 0 Å². The van der Waals surface area contributed by atoms with Gasteiger partial charge in [0.15, 0.2) is 5.96 Å². The fraction of sp³-hybridized carbons (Fsp3) is 0.913. The molecule has 2 saturated heterocycles. The van der Waals surface area contributed by atoms with Gasteiger partial charge in [0.25, 0.3) is 0 Å². The van der Waals surface area contributed by atoms with E-state index in [4.69, 9.17) is 14.5 Å². The molecule has 2 heterocycles. The molecule has 1 spiro atoms. The van der Waals surface area contributed by atoms with Crippen molar-refractivity contribution < 1.29 is 14.3 Å². The Bertz CT molecular complexity index is 606. The van der Waals surface area contributed by atoms with E-state index >= 15 is 0 Å². The van der Waals surface area contributed by atoms with Crippen LogP contribution in [0, 0.1) is 11.3 Å². The highest BCUT2D eigenvalue weighted by Gasteiger charge is 2.57. The summed E-state index contributed by atoms with van der Waals surface area (Å²) in [6.45, 7) is 10.4. The number of carbonyl (C=O) groups excluding carboxylic acids is 1. The number of morpholine rings is 1. The van der Waals surface area contributed by atoms with E-state index in [9.17, 15) is 4.79 Å². The van der Waals surface area contributed by atoms with Crippen molar-refractivity contribution >= 4 is 11.9 Å². The van der Waals surface area contributed by atoms with Crippen molar-refractivity contribution in [1.82, 2.24) is 15.1 Å². The summed E-state index contributed by atoms with van der Waals surface area (Å²) >= 11 is 0. The summed E-state index contributed by atoms with van der Waals surface area (Å²) in [5.41, 5.74) is 0.301. The molecule has 2 aliphatic carbocycles. The van der Waals surface area contributed by atoms with Crippen molar-refractivity contribution in [3.63, 3.8) is 0 Å². The number of piperidine rings is 1. The second-order valence-corrected chi connectivity index (χ2v) is 9.31. The molecule has 2 atom stereocenters. The molecule has 4 aliphatic rings. The molecule has 170 valence electrons. The lowest BCUT2D eigenvalue weighted by Crippen LogP contribution is -2.65. The van der Waals surface area contributed by atoms with E-state index < -0.39 is 0 Å². The van der Waals surface area contributed by atoms with E-state index in [0.717, 1.165) is 64.6 Å². The number of likely N-dealkylation sites (tertiary alicyclic amines) is 1. The molecule has 7 heteroatoms. The number of aliphatic imine (C=N–C) groups is 1. The topological polar surface area (TPSA) is 66.4 Å². The zero-order valence-corrected chi connectivity index (χ0v) is 18.9. The smallest absolute Gasteiger partial charge is 0.225 e. The van der Waals surface area contributed by atoms with Crippen LogP contribution in [-0.4, -0.2) is 86.4 Å². The third-order valence-corrected chi connectivity index (χ3v) is 7.77. The summed E-state index contributed by atoms with van der Waals surface area (Å²) in [4.78, 5) is 22.1. The van der Waals surface area contributed by atoms with Crippen molar-refractivity contribution in [2.45, 2.75) is 70.9 Å². The molecule has 30 heavy (non-hydrogen) atoms. The summed E-state index contributed by atoms with van der Waals surface area (Å²) in [5.74, 6) is 1.51. The molecular formula is C23H40N4O3. The Hall–Kier alpha value is -1.34. The fourth-order valence-corrected chi connectivity index (χ4v) is 6.01. The van der Waals surface area contributed by atoms with Crippen molar-refractivity contribution in [2.24, 2.45) is 16.3 Å². The van der Waals surface area contributed by atoms with Gasteiger partial charge in [-0.15, -0.1) is 0 Å². The first-order valence-electron chi connectivity index (χ1n) is 12.2. The Kier molecular flexibility index (Phi) is 7.19. The van der Waals surface area contributed by atoms with Crippen molar-refractivity contribution in [2.75, 3.05) is 52.5 Å². The lowest BCUT2D eigenvalue weighted by atomic mass is 9.60. The maximum atomic E-state index is 12.8. The molecule has 0 radical (unpaired) electrons. The average molecular weight is 421 g/mol. The molecule has 0 aromatic carbocycles. The lowest BCUT2D eigenvalue weighted by Gasteiger charge is -2.55. The molecular weight excluding hydrogens is 380 g/mol. The molecule has 2 saturated carbocycles. The number of ether oxygens (including phenoxy) is 2. The Balaban J connectivity index is 1.33. The summed E-state index contributed by atoms with van der Waals surface area (Å²) in [6.07, 6.45) is 8.49. The number of guanidine groups is 1. The number of nitrogens with one attached hydrogen (secondary N) is 1. The third kappa shape index (κ3) is 4.33. The molecule has 2 unspecified atom stereocenters. The van der Waals surface area contributed by atoms with Crippen LogP contribution in [0.15, 0.2) is 4.99 Å². The first-order valence-corrected chi connectivity index (χ1v) is 12.2. The molecule has 1 N–H and O–H groups in total. The molecule has 4 fully saturated rings. The Morgan fingerprint density at radius 1 is 1.10 bits per heavy atom. The van der Waals surface area contributed by atoms with Crippen molar-refractivity contribution in [1.29, 1.82) is 0 Å². The molecule has 2 aliphatic heterocycles. The van der Waals surface area contributed by atoms with Crippen LogP contribution in [0.5, 0.6) is 0 Å². The average Bonchev–Trinajstić information content (AvgIpc) is 3.31. The lowest BCUT2D eigenvalue weighted by molar-refractivity contribution is -0.141. The van der Waals surface area contributed by atoms with Crippen LogP contribution in [0.4, 0.5) is 0 Å². The molecule has 7 nitrogen and oxygen atoms in total. The summed E-state index contributed by atoms with van der Waals surface area (Å²) in [7, 11) is 0. The van der Waals surface area contributed by atoms with Gasteiger partial charge in [0.05, 0.1) is 19.3 Å². The van der Waals surface area contributed by atoms with Crippen LogP contribution in [0.2, 0.25) is 0 Å². The largest absolute Gasteiger partial charge is 0.378 e. The van der Waals surface area contributed by atoms with E-state index in [2.05, 4.69) is 24.1 Å². The maximum absolute atomic E-state index is 12.8. The second-order valence-electron chi connectivity index (χ2n) is 9.31. The predicted octanol–water partition coefficient (Wildman–Crippen LogP) is 2.26. The number of amides is 1. The fourth-order valence-electron chi connectivity index (χ4n) is 6.01. The van der Waals surface area contributed by atoms with Gasteiger partial charge < -0.3 is 24.6 Å². The summed E-state index contributed by atoms with van der Waals surface area (Å²) in [6, 6.07) is 0.467. The number of hydrogen-bond acceptors (Lipinski definition) is 4. The van der Waals surface area contributed by atoms with Crippen LogP contribution in [0.3, 0.4) is 0 Å². The van der Waals surface area contributed by atoms with E-state index in [1.165, 1.54) is 25.7 Å². The number of nitrogens with zero attached hydrogens (tertiary/aromatic N) is 3. The highest BCUT2D eigenvalue weighted by molar-refractivity contribution is 5.82. The van der Waals surface area contributed by atoms with Crippen LogP contribution < -0.4 is 5.32 Å². The Morgan fingerprint density at radius 2 is 1.80 bits per heavy atom. The van der Waals surface area contributed by atoms with Gasteiger partial charge in [-0.3, -0.25) is 9.79 Å². The standard InChI is InChI=1S/C23H40N4O3/c1-3-24-22(25-19-17-20(30-4-2)23(19)9-5-6-10-23)27-11-7-18(8-12-27)21(28)26-13-15-29-16-14-26/h18-20H,3-17H2,1-2H3,(H,24,25). The SMILES string of the molecule is CCN=C(NC1CC(OCC)C12CCCC2)N1CCC(C(=O)N2CCOCC2)CC1. The Morgan fingerprint density at radius 3 is 2.43 bits per heavy atom. The minimum Gasteiger partial charge on any atom is -0.378 e. The van der Waals surface area contributed by atoms with E-state index in [0.29, 0.717) is 36.7 Å². The zero-order chi connectivity index (χ0) is 21.0. The maximum Gasteiger partial charge on any atom is 0.225 e. The Labute approximate surface area is 181 Å². The van der Waals surface area contributed by atoms with Gasteiger partial charge in [-0.25, -0.2) is 0 Å². The molecule has 0 bridgehead atoms. The number of rotatable bonds is 5. The minimum atomic E-state index is 0.148. The van der Waals surface area contributed by atoms with E-state index in [1.807, 2.05) is 4.90 Å². The van der Waals surface area contributed by atoms with Gasteiger partial charge in [-0.05, 0) is 46.0 Å². The van der Waals surface area contributed by atoms with Crippen molar-refractivity contribution in [3.8, 4) is 0 Å². The molecule has 4 rings (SSSR count). The van der Waals surface area contributed by atoms with Crippen LogP contribution in [-0.2, 0) is 14.3 Å². The van der Waals surface area contributed by atoms with Gasteiger partial charge in [0, 0.05) is 56.7 Å². The highest BCUT2D eigenvalue weighted by Crippen LogP contribution is 2.54. The zero-order valence-electron chi connectivity index (χ0n) is 18.9. The third-order valence-electron chi connectivity index (χ3n) is 7.77. The number of hydrogen-bond donors (Lipinski definition) is 1. The van der Waals surface area contributed by atoms with Gasteiger partial charge in [0.1, 0.15) is 0 Å². The predicted molar refractivity (Wildman–Crippen MR) is 118 cm³/mol. The van der Waals surface area contributed by atoms with Crippen LogP contribution in [0.1, 0.15) is 58.8 Å². The second kappa shape index (κ2) is 9.86. The highest BCUT2D eigenvalue weighted by atomic mass is 16.5. The van der Waals surface area contributed by atoms with Crippen LogP contribution >= 0.6 is 0 Å². The van der Waals surface area contributed by atoms with Gasteiger partial charge in [-0.1, -0.05) is 12.8 Å². The number of carbonyl (C=O) groups is 1.